The van der Waals surface area contributed by atoms with Crippen molar-refractivity contribution in [2.75, 3.05) is 0 Å². The fourth-order valence-corrected chi connectivity index (χ4v) is 1.86. The zero-order valence-electron chi connectivity index (χ0n) is 7.36. The van der Waals surface area contributed by atoms with Crippen LogP contribution >= 0.6 is 15.9 Å². The molecular formula is C9H7BrN2O2. The lowest BCUT2D eigenvalue weighted by atomic mass is 10.1. The molecule has 5 heteroatoms. The second kappa shape index (κ2) is 3.09. The molecule has 0 spiro atoms. The van der Waals surface area contributed by atoms with Crippen LogP contribution in [0.25, 0.3) is 10.9 Å². The van der Waals surface area contributed by atoms with Crippen molar-refractivity contribution in [3.8, 4) is 0 Å². The Balaban J connectivity index is 2.85. The number of fused-ring (bicyclic) bond motifs is 1. The van der Waals surface area contributed by atoms with E-state index in [2.05, 4.69) is 21.0 Å². The molecule has 0 bridgehead atoms. The Hall–Kier alpha value is -1.36. The van der Waals surface area contributed by atoms with Gasteiger partial charge in [0.15, 0.2) is 0 Å². The van der Waals surface area contributed by atoms with Crippen LogP contribution in [0.4, 0.5) is 0 Å². The Labute approximate surface area is 88.3 Å². The Morgan fingerprint density at radius 2 is 2.29 bits per heavy atom. The van der Waals surface area contributed by atoms with E-state index >= 15 is 0 Å². The normalized spacial score (nSPS) is 10.7. The highest BCUT2D eigenvalue weighted by Gasteiger charge is 2.12. The summed E-state index contributed by atoms with van der Waals surface area (Å²) in [5.41, 5.74) is 0.734. The van der Waals surface area contributed by atoms with Crippen LogP contribution in [0, 0.1) is 0 Å². The second-order valence-electron chi connectivity index (χ2n) is 3.00. The molecule has 0 aliphatic carbocycles. The molecule has 14 heavy (non-hydrogen) atoms. The van der Waals surface area contributed by atoms with Crippen molar-refractivity contribution in [1.82, 2.24) is 9.78 Å². The van der Waals surface area contributed by atoms with Crippen LogP contribution in [-0.2, 0) is 7.05 Å². The SMILES string of the molecule is Cn1cc2cc(Br)cc(C(=O)O)c2n1. The molecule has 2 aromatic rings. The standard InChI is InChI=1S/C9H7BrN2O2/c1-12-4-5-2-6(10)3-7(9(13)14)8(5)11-12/h2-4H,1H3,(H,13,14). The van der Waals surface area contributed by atoms with E-state index in [0.717, 1.165) is 9.86 Å². The first-order valence-electron chi connectivity index (χ1n) is 3.94. The Morgan fingerprint density at radius 3 is 2.93 bits per heavy atom. The number of aromatic nitrogens is 2. The summed E-state index contributed by atoms with van der Waals surface area (Å²) in [4.78, 5) is 10.9. The fourth-order valence-electron chi connectivity index (χ4n) is 1.38. The second-order valence-corrected chi connectivity index (χ2v) is 3.91. The smallest absolute Gasteiger partial charge is 0.338 e. The minimum atomic E-state index is -0.963. The maximum Gasteiger partial charge on any atom is 0.338 e. The maximum atomic E-state index is 10.9. The lowest BCUT2D eigenvalue weighted by Crippen LogP contribution is -1.98. The molecule has 1 N–H and O–H groups in total. The minimum absolute atomic E-state index is 0.218. The molecule has 1 heterocycles. The summed E-state index contributed by atoms with van der Waals surface area (Å²) in [5.74, 6) is -0.963. The van der Waals surface area contributed by atoms with Crippen molar-refractivity contribution >= 4 is 32.8 Å². The van der Waals surface area contributed by atoms with Gasteiger partial charge in [-0.2, -0.15) is 5.10 Å². The third kappa shape index (κ3) is 1.39. The van der Waals surface area contributed by atoms with Gasteiger partial charge in [0, 0.05) is 23.1 Å². The maximum absolute atomic E-state index is 10.9. The number of aromatic carboxylic acids is 1. The summed E-state index contributed by atoms with van der Waals surface area (Å²) in [7, 11) is 1.76. The van der Waals surface area contributed by atoms with Crippen molar-refractivity contribution in [1.29, 1.82) is 0 Å². The first-order valence-corrected chi connectivity index (χ1v) is 4.73. The summed E-state index contributed by atoms with van der Waals surface area (Å²) in [5, 5.41) is 13.9. The van der Waals surface area contributed by atoms with Gasteiger partial charge in [0.2, 0.25) is 0 Å². The van der Waals surface area contributed by atoms with Crippen molar-refractivity contribution < 1.29 is 9.90 Å². The number of aryl methyl sites for hydroxylation is 1. The molecular weight excluding hydrogens is 248 g/mol. The molecule has 0 aliphatic heterocycles. The molecule has 0 amide bonds. The molecule has 2 rings (SSSR count). The Kier molecular flexibility index (Phi) is 2.03. The van der Waals surface area contributed by atoms with Crippen LogP contribution in [0.3, 0.4) is 0 Å². The summed E-state index contributed by atoms with van der Waals surface area (Å²) in [6.45, 7) is 0. The quantitative estimate of drug-likeness (QED) is 0.848. The van der Waals surface area contributed by atoms with Gasteiger partial charge < -0.3 is 5.11 Å². The van der Waals surface area contributed by atoms with Crippen LogP contribution < -0.4 is 0 Å². The van der Waals surface area contributed by atoms with Crippen LogP contribution in [0.2, 0.25) is 0 Å². The lowest BCUT2D eigenvalue weighted by molar-refractivity contribution is 0.0698. The number of carboxylic acids is 1. The van der Waals surface area contributed by atoms with Crippen molar-refractivity contribution in [3.63, 3.8) is 0 Å². The molecule has 0 saturated heterocycles. The highest BCUT2D eigenvalue weighted by atomic mass is 79.9. The number of nitrogens with zero attached hydrogens (tertiary/aromatic N) is 2. The fraction of sp³-hybridized carbons (Fsp3) is 0.111. The zero-order chi connectivity index (χ0) is 10.3. The highest BCUT2D eigenvalue weighted by molar-refractivity contribution is 9.10. The molecule has 0 unspecified atom stereocenters. The number of carboxylic acid groups (broad SMARTS) is 1. The van der Waals surface area contributed by atoms with Gasteiger partial charge >= 0.3 is 5.97 Å². The average molecular weight is 255 g/mol. The van der Waals surface area contributed by atoms with Crippen molar-refractivity contribution in [3.05, 3.63) is 28.4 Å². The van der Waals surface area contributed by atoms with Gasteiger partial charge in [-0.3, -0.25) is 4.68 Å². The van der Waals surface area contributed by atoms with E-state index in [9.17, 15) is 4.79 Å². The molecule has 0 radical (unpaired) electrons. The summed E-state index contributed by atoms with van der Waals surface area (Å²) < 4.78 is 2.35. The molecule has 4 nitrogen and oxygen atoms in total. The monoisotopic (exact) mass is 254 g/mol. The van der Waals surface area contributed by atoms with Gasteiger partial charge in [0.1, 0.15) is 5.52 Å². The molecule has 0 aliphatic rings. The molecule has 72 valence electrons. The van der Waals surface area contributed by atoms with Gasteiger partial charge in [-0.25, -0.2) is 4.79 Å². The molecule has 1 aromatic carbocycles. The van der Waals surface area contributed by atoms with E-state index in [1.807, 2.05) is 6.07 Å². The predicted molar refractivity (Wildman–Crippen MR) is 55.4 cm³/mol. The lowest BCUT2D eigenvalue weighted by Gasteiger charge is -1.96. The number of halogens is 1. The number of hydrogen-bond acceptors (Lipinski definition) is 2. The predicted octanol–water partition coefficient (Wildman–Crippen LogP) is 2.03. The zero-order valence-corrected chi connectivity index (χ0v) is 8.95. The third-order valence-electron chi connectivity index (χ3n) is 1.92. The van der Waals surface area contributed by atoms with E-state index in [-0.39, 0.29) is 5.56 Å². The molecule has 1 aromatic heterocycles. The first-order chi connectivity index (χ1) is 6.58. The Bertz CT molecular complexity index is 519. The van der Waals surface area contributed by atoms with Crippen LogP contribution in [0.5, 0.6) is 0 Å². The summed E-state index contributed by atoms with van der Waals surface area (Å²) >= 11 is 3.26. The number of hydrogen-bond donors (Lipinski definition) is 1. The van der Waals surface area contributed by atoms with E-state index in [1.165, 1.54) is 0 Å². The summed E-state index contributed by atoms with van der Waals surface area (Å²) in [6, 6.07) is 3.40. The van der Waals surface area contributed by atoms with Gasteiger partial charge in [-0.15, -0.1) is 0 Å². The van der Waals surface area contributed by atoms with E-state index in [0.29, 0.717) is 5.52 Å². The Morgan fingerprint density at radius 1 is 1.57 bits per heavy atom. The van der Waals surface area contributed by atoms with Crippen LogP contribution in [-0.4, -0.2) is 20.9 Å². The van der Waals surface area contributed by atoms with Gasteiger partial charge in [0.05, 0.1) is 5.56 Å². The average Bonchev–Trinajstić information content (AvgIpc) is 2.42. The number of rotatable bonds is 1. The molecule has 0 saturated carbocycles. The highest BCUT2D eigenvalue weighted by Crippen LogP contribution is 2.22. The van der Waals surface area contributed by atoms with Crippen molar-refractivity contribution in [2.45, 2.75) is 0 Å². The van der Waals surface area contributed by atoms with Gasteiger partial charge in [0.25, 0.3) is 0 Å². The van der Waals surface area contributed by atoms with Crippen molar-refractivity contribution in [2.24, 2.45) is 7.05 Å². The topological polar surface area (TPSA) is 55.1 Å². The van der Waals surface area contributed by atoms with Crippen LogP contribution in [0.15, 0.2) is 22.8 Å². The molecule has 0 fully saturated rings. The third-order valence-corrected chi connectivity index (χ3v) is 2.38. The van der Waals surface area contributed by atoms with E-state index in [4.69, 9.17) is 5.11 Å². The largest absolute Gasteiger partial charge is 0.478 e. The number of benzene rings is 1. The summed E-state index contributed by atoms with van der Waals surface area (Å²) in [6.07, 6.45) is 1.78. The molecule has 0 atom stereocenters. The van der Waals surface area contributed by atoms with Gasteiger partial charge in [-0.05, 0) is 12.1 Å². The first kappa shape index (κ1) is 9.21. The van der Waals surface area contributed by atoms with E-state index < -0.39 is 5.97 Å². The number of carbonyl (C=O) groups is 1. The minimum Gasteiger partial charge on any atom is -0.478 e. The van der Waals surface area contributed by atoms with Crippen LogP contribution in [0.1, 0.15) is 10.4 Å². The van der Waals surface area contributed by atoms with E-state index in [1.54, 1.807) is 24.0 Å². The van der Waals surface area contributed by atoms with Gasteiger partial charge in [-0.1, -0.05) is 15.9 Å².